The molecule has 0 rings (SSSR count). The molecule has 0 heterocycles. The molecule has 7 nitrogen and oxygen atoms in total. The van der Waals surface area contributed by atoms with E-state index in [9.17, 15) is 9.00 Å². The number of nitrogens with one attached hydrogen (secondary N) is 3. The summed E-state index contributed by atoms with van der Waals surface area (Å²) in [6.45, 7) is 15.5. The average molecular weight is 490 g/mol. The summed E-state index contributed by atoms with van der Waals surface area (Å²) in [5, 5.41) is 8.91. The maximum Gasteiger partial charge on any atom is 0.407 e. The van der Waals surface area contributed by atoms with E-state index in [2.05, 4.69) is 20.9 Å². The molecule has 25 heavy (non-hydrogen) atoms. The second kappa shape index (κ2) is 12.7. The normalized spacial score (nSPS) is 13.5. The van der Waals surface area contributed by atoms with Gasteiger partial charge in [0.1, 0.15) is 5.60 Å². The van der Waals surface area contributed by atoms with Gasteiger partial charge in [-0.05, 0) is 48.5 Å². The van der Waals surface area contributed by atoms with Crippen molar-refractivity contribution in [3.05, 3.63) is 0 Å². The number of nitrogens with zero attached hydrogens (tertiary/aromatic N) is 1. The topological polar surface area (TPSA) is 91.8 Å². The van der Waals surface area contributed by atoms with Crippen LogP contribution in [0.25, 0.3) is 0 Å². The molecular weight excluding hydrogens is 455 g/mol. The Bertz CT molecular complexity index is 446. The van der Waals surface area contributed by atoms with Crippen LogP contribution in [0.15, 0.2) is 4.99 Å². The third kappa shape index (κ3) is 15.4. The minimum absolute atomic E-state index is 0. The maximum absolute atomic E-state index is 12.0. The van der Waals surface area contributed by atoms with Crippen LogP contribution in [-0.2, 0) is 15.5 Å². The quantitative estimate of drug-likeness (QED) is 0.220. The van der Waals surface area contributed by atoms with Crippen molar-refractivity contribution in [1.29, 1.82) is 0 Å². The lowest BCUT2D eigenvalue weighted by molar-refractivity contribution is 0.0529. The lowest BCUT2D eigenvalue weighted by Gasteiger charge is -2.20. The van der Waals surface area contributed by atoms with Crippen LogP contribution in [-0.4, -0.2) is 58.5 Å². The molecule has 1 amide bonds. The van der Waals surface area contributed by atoms with Gasteiger partial charge in [0.15, 0.2) is 5.96 Å². The molecular formula is C16H35IN4O3S. The number of rotatable bonds is 7. The van der Waals surface area contributed by atoms with Gasteiger partial charge in [0.05, 0.1) is 6.54 Å². The lowest BCUT2D eigenvalue weighted by Crippen LogP contribution is -2.42. The van der Waals surface area contributed by atoms with E-state index in [0.29, 0.717) is 31.3 Å². The number of guanidine groups is 1. The predicted octanol–water partition coefficient (Wildman–Crippen LogP) is 2.23. The van der Waals surface area contributed by atoms with Gasteiger partial charge < -0.3 is 20.7 Å². The van der Waals surface area contributed by atoms with Gasteiger partial charge in [-0.2, -0.15) is 0 Å². The van der Waals surface area contributed by atoms with Crippen LogP contribution in [0.4, 0.5) is 4.79 Å². The Balaban J connectivity index is 0. The molecule has 0 spiro atoms. The van der Waals surface area contributed by atoms with E-state index < -0.39 is 22.5 Å². The summed E-state index contributed by atoms with van der Waals surface area (Å²) in [6, 6.07) is 0. The van der Waals surface area contributed by atoms with Crippen molar-refractivity contribution < 1.29 is 13.7 Å². The van der Waals surface area contributed by atoms with Crippen molar-refractivity contribution in [1.82, 2.24) is 16.0 Å². The zero-order chi connectivity index (χ0) is 18.8. The molecule has 0 aromatic carbocycles. The lowest BCUT2D eigenvalue weighted by atomic mass is 10.2. The van der Waals surface area contributed by atoms with Crippen LogP contribution in [0.5, 0.6) is 0 Å². The summed E-state index contributed by atoms with van der Waals surface area (Å²) in [4.78, 5) is 15.9. The molecule has 1 atom stereocenters. The Hall–Kier alpha value is -0.580. The van der Waals surface area contributed by atoms with Crippen molar-refractivity contribution in [2.45, 2.75) is 58.8 Å². The number of carbonyl (C=O) groups is 1. The van der Waals surface area contributed by atoms with E-state index in [0.717, 1.165) is 6.54 Å². The first-order valence-electron chi connectivity index (χ1n) is 8.33. The van der Waals surface area contributed by atoms with Crippen molar-refractivity contribution in [2.75, 3.05) is 31.9 Å². The maximum atomic E-state index is 12.0. The number of aliphatic imine (C=N–C) groups is 1. The molecule has 0 bridgehead atoms. The monoisotopic (exact) mass is 490 g/mol. The first-order valence-corrected chi connectivity index (χ1v) is 9.65. The number of amides is 1. The summed E-state index contributed by atoms with van der Waals surface area (Å²) in [5.41, 5.74) is -0.503. The first kappa shape index (κ1) is 26.6. The number of carbonyl (C=O) groups excluding carboxylic acids is 1. The largest absolute Gasteiger partial charge is 0.444 e. The van der Waals surface area contributed by atoms with Gasteiger partial charge in [-0.1, -0.05) is 0 Å². The van der Waals surface area contributed by atoms with E-state index in [-0.39, 0.29) is 28.7 Å². The highest BCUT2D eigenvalue weighted by Gasteiger charge is 2.18. The summed E-state index contributed by atoms with van der Waals surface area (Å²) < 4.78 is 16.9. The SMILES string of the molecule is CCNC(=NCCS(=O)C(C)(C)C)NCCNC(=O)OC(C)(C)C.I. The molecule has 0 saturated heterocycles. The fraction of sp³-hybridized carbons (Fsp3) is 0.875. The zero-order valence-corrected chi connectivity index (χ0v) is 19.7. The molecule has 0 aliphatic heterocycles. The first-order chi connectivity index (χ1) is 11.0. The van der Waals surface area contributed by atoms with Crippen molar-refractivity contribution >= 4 is 46.8 Å². The van der Waals surface area contributed by atoms with Crippen molar-refractivity contribution in [3.63, 3.8) is 0 Å². The molecule has 0 saturated carbocycles. The highest BCUT2D eigenvalue weighted by molar-refractivity contribution is 14.0. The molecule has 0 aromatic heterocycles. The van der Waals surface area contributed by atoms with Gasteiger partial charge in [0.25, 0.3) is 0 Å². The van der Waals surface area contributed by atoms with Gasteiger partial charge in [-0.15, -0.1) is 24.0 Å². The number of alkyl carbamates (subject to hydrolysis) is 1. The second-order valence-electron chi connectivity index (χ2n) is 7.28. The van der Waals surface area contributed by atoms with E-state index in [1.165, 1.54) is 0 Å². The summed E-state index contributed by atoms with van der Waals surface area (Å²) in [7, 11) is -0.917. The molecule has 0 aromatic rings. The number of halogens is 1. The van der Waals surface area contributed by atoms with Crippen LogP contribution >= 0.6 is 24.0 Å². The van der Waals surface area contributed by atoms with Crippen LogP contribution < -0.4 is 16.0 Å². The van der Waals surface area contributed by atoms with Gasteiger partial charge in [-0.3, -0.25) is 9.20 Å². The molecule has 0 aliphatic carbocycles. The zero-order valence-electron chi connectivity index (χ0n) is 16.5. The number of hydrogen-bond donors (Lipinski definition) is 3. The van der Waals surface area contributed by atoms with Crippen molar-refractivity contribution in [3.8, 4) is 0 Å². The summed E-state index contributed by atoms with van der Waals surface area (Å²) in [5.74, 6) is 1.17. The molecule has 0 radical (unpaired) electrons. The van der Waals surface area contributed by atoms with Gasteiger partial charge in [0, 0.05) is 40.9 Å². The minimum atomic E-state index is -0.917. The third-order valence-electron chi connectivity index (χ3n) is 2.66. The smallest absolute Gasteiger partial charge is 0.407 e. The van der Waals surface area contributed by atoms with Gasteiger partial charge in [0.2, 0.25) is 0 Å². The van der Waals surface area contributed by atoms with E-state index in [4.69, 9.17) is 4.74 Å². The molecule has 150 valence electrons. The fourth-order valence-electron chi connectivity index (χ4n) is 1.55. The summed E-state index contributed by atoms with van der Waals surface area (Å²) >= 11 is 0. The van der Waals surface area contributed by atoms with Crippen LogP contribution in [0, 0.1) is 0 Å². The fourth-order valence-corrected chi connectivity index (χ4v) is 2.42. The Labute approximate surface area is 172 Å². The third-order valence-corrected chi connectivity index (χ3v) is 4.58. The van der Waals surface area contributed by atoms with E-state index >= 15 is 0 Å². The standard InChI is InChI=1S/C16H34N4O3S.HI/c1-8-17-13(19-11-12-24(22)16(5,6)7)18-9-10-20-14(21)23-15(2,3)4;/h8-12H2,1-7H3,(H,20,21)(H2,17,18,19);1H. The Morgan fingerprint density at radius 3 is 2.08 bits per heavy atom. The Kier molecular flexibility index (Phi) is 13.6. The Morgan fingerprint density at radius 2 is 1.60 bits per heavy atom. The number of ether oxygens (including phenoxy) is 1. The van der Waals surface area contributed by atoms with E-state index in [1.807, 2.05) is 48.5 Å². The average Bonchev–Trinajstić information content (AvgIpc) is 2.40. The van der Waals surface area contributed by atoms with Crippen LogP contribution in [0.3, 0.4) is 0 Å². The summed E-state index contributed by atoms with van der Waals surface area (Å²) in [6.07, 6.45) is -0.438. The minimum Gasteiger partial charge on any atom is -0.444 e. The highest BCUT2D eigenvalue weighted by Crippen LogP contribution is 2.10. The van der Waals surface area contributed by atoms with Crippen LogP contribution in [0.2, 0.25) is 0 Å². The van der Waals surface area contributed by atoms with Crippen molar-refractivity contribution in [2.24, 2.45) is 4.99 Å². The molecule has 0 fully saturated rings. The Morgan fingerprint density at radius 1 is 1.04 bits per heavy atom. The second-order valence-corrected chi connectivity index (χ2v) is 9.60. The van der Waals surface area contributed by atoms with Gasteiger partial charge in [-0.25, -0.2) is 4.79 Å². The molecule has 1 unspecified atom stereocenters. The van der Waals surface area contributed by atoms with E-state index in [1.54, 1.807) is 0 Å². The van der Waals surface area contributed by atoms with Crippen LogP contribution in [0.1, 0.15) is 48.5 Å². The highest BCUT2D eigenvalue weighted by atomic mass is 127. The van der Waals surface area contributed by atoms with Gasteiger partial charge >= 0.3 is 6.09 Å². The molecule has 3 N–H and O–H groups in total. The molecule has 9 heteroatoms. The molecule has 0 aliphatic rings. The predicted molar refractivity (Wildman–Crippen MR) is 116 cm³/mol. The number of hydrogen-bond acceptors (Lipinski definition) is 4.